The Balaban J connectivity index is 1.93. The summed E-state index contributed by atoms with van der Waals surface area (Å²) >= 11 is 5.87. The molecule has 28 heavy (non-hydrogen) atoms. The van der Waals surface area contributed by atoms with Crippen molar-refractivity contribution in [2.45, 2.75) is 12.3 Å². The number of aromatic nitrogens is 1. The lowest BCUT2D eigenvalue weighted by molar-refractivity contribution is -0.128. The second-order valence-corrected chi connectivity index (χ2v) is 8.10. The monoisotopic (exact) mass is 422 g/mol. The number of Topliss-reactive ketones (excluding diaryl/α,β-unsaturated/α-hetero) is 1. The van der Waals surface area contributed by atoms with Crippen LogP contribution in [0.2, 0.25) is 5.02 Å². The number of hydrogen-bond acceptors (Lipinski definition) is 6. The summed E-state index contributed by atoms with van der Waals surface area (Å²) in [6.45, 7) is 0. The molecule has 8 nitrogen and oxygen atoms in total. The smallest absolute Gasteiger partial charge is 0.265 e. The third-order valence-electron chi connectivity index (χ3n) is 4.05. The van der Waals surface area contributed by atoms with E-state index in [0.717, 1.165) is 0 Å². The first-order valence-electron chi connectivity index (χ1n) is 8.07. The Morgan fingerprint density at radius 2 is 1.86 bits per heavy atom. The summed E-state index contributed by atoms with van der Waals surface area (Å²) in [5, 5.41) is 0.565. The van der Waals surface area contributed by atoms with Crippen LogP contribution in [-0.4, -0.2) is 35.4 Å². The van der Waals surface area contributed by atoms with Crippen LogP contribution in [0.5, 0.6) is 0 Å². The molecule has 0 aliphatic carbocycles. The van der Waals surface area contributed by atoms with Crippen LogP contribution < -0.4 is 5.73 Å². The molecule has 1 aromatic heterocycles. The minimum absolute atomic E-state index is 0.260. The number of oxazole rings is 1. The molecule has 0 radical (unpaired) electrons. The molecule has 0 saturated heterocycles. The van der Waals surface area contributed by atoms with Crippen LogP contribution >= 0.6 is 11.6 Å². The molecule has 3 N–H and O–H groups in total. The van der Waals surface area contributed by atoms with Crippen LogP contribution in [0.1, 0.15) is 17.9 Å². The molecule has 1 heterocycles. The number of hydrogen-bond donors (Lipinski definition) is 2. The second kappa shape index (κ2) is 7.70. The van der Waals surface area contributed by atoms with Gasteiger partial charge in [0.1, 0.15) is 11.4 Å². The van der Waals surface area contributed by atoms with E-state index in [2.05, 4.69) is 4.98 Å². The standard InChI is InChI=1S/C18H15ClN2O6S/c19-12-4-1-10(2-5-12)18-21-13-9-11(3-6-15(13)27-18)16(17(20)23)14(22)7-8-28(24,25)26/h1-6,9,16H,7-8H2,(H2,20,23)(H,24,25,26). The molecule has 1 unspecified atom stereocenters. The van der Waals surface area contributed by atoms with E-state index >= 15 is 0 Å². The van der Waals surface area contributed by atoms with E-state index in [9.17, 15) is 18.0 Å². The van der Waals surface area contributed by atoms with Gasteiger partial charge in [0.15, 0.2) is 11.4 Å². The van der Waals surface area contributed by atoms with E-state index < -0.39 is 39.9 Å². The molecule has 0 aliphatic rings. The molecule has 2 aromatic carbocycles. The van der Waals surface area contributed by atoms with Crippen molar-refractivity contribution >= 4 is 44.5 Å². The average molecular weight is 423 g/mol. The zero-order valence-corrected chi connectivity index (χ0v) is 15.9. The number of carbonyl (C=O) groups excluding carboxylic acids is 2. The maximum absolute atomic E-state index is 12.3. The van der Waals surface area contributed by atoms with E-state index in [4.69, 9.17) is 26.3 Å². The lowest BCUT2D eigenvalue weighted by Gasteiger charge is -2.12. The van der Waals surface area contributed by atoms with Crippen LogP contribution in [0.25, 0.3) is 22.6 Å². The highest BCUT2D eigenvalue weighted by atomic mass is 35.5. The highest BCUT2D eigenvalue weighted by Gasteiger charge is 2.28. The lowest BCUT2D eigenvalue weighted by atomic mass is 9.92. The minimum atomic E-state index is -4.34. The number of fused-ring (bicyclic) bond motifs is 1. The van der Waals surface area contributed by atoms with Crippen LogP contribution in [-0.2, 0) is 19.7 Å². The van der Waals surface area contributed by atoms with Crippen LogP contribution in [0.15, 0.2) is 46.9 Å². The van der Waals surface area contributed by atoms with Gasteiger partial charge in [0.05, 0.1) is 5.75 Å². The van der Waals surface area contributed by atoms with Gasteiger partial charge in [0.25, 0.3) is 10.1 Å². The summed E-state index contributed by atoms with van der Waals surface area (Å²) in [6.07, 6.45) is -0.542. The fraction of sp³-hybridized carbons (Fsp3) is 0.167. The van der Waals surface area contributed by atoms with Gasteiger partial charge >= 0.3 is 0 Å². The summed E-state index contributed by atoms with van der Waals surface area (Å²) in [5.41, 5.74) is 7.12. The van der Waals surface area contributed by atoms with Gasteiger partial charge in [0.2, 0.25) is 11.8 Å². The van der Waals surface area contributed by atoms with Gasteiger partial charge in [-0.15, -0.1) is 0 Å². The van der Waals surface area contributed by atoms with Crippen molar-refractivity contribution in [2.24, 2.45) is 5.73 Å². The highest BCUT2D eigenvalue weighted by molar-refractivity contribution is 7.85. The van der Waals surface area contributed by atoms with Crippen LogP contribution in [0.4, 0.5) is 0 Å². The Morgan fingerprint density at radius 1 is 1.18 bits per heavy atom. The molecule has 1 atom stereocenters. The molecule has 1 amide bonds. The highest BCUT2D eigenvalue weighted by Crippen LogP contribution is 2.28. The molecule has 0 saturated carbocycles. The largest absolute Gasteiger partial charge is 0.436 e. The maximum Gasteiger partial charge on any atom is 0.265 e. The van der Waals surface area contributed by atoms with Crippen molar-refractivity contribution in [2.75, 3.05) is 5.75 Å². The van der Waals surface area contributed by atoms with E-state index in [-0.39, 0.29) is 5.56 Å². The second-order valence-electron chi connectivity index (χ2n) is 6.09. The van der Waals surface area contributed by atoms with E-state index in [1.54, 1.807) is 30.3 Å². The molecule has 0 aliphatic heterocycles. The van der Waals surface area contributed by atoms with Gasteiger partial charge in [0, 0.05) is 17.0 Å². The lowest BCUT2D eigenvalue weighted by Crippen LogP contribution is -2.29. The number of primary amides is 1. The fourth-order valence-electron chi connectivity index (χ4n) is 2.72. The van der Waals surface area contributed by atoms with Gasteiger partial charge in [-0.1, -0.05) is 17.7 Å². The van der Waals surface area contributed by atoms with Crippen LogP contribution in [0.3, 0.4) is 0 Å². The number of halogens is 1. The number of rotatable bonds is 7. The third-order valence-corrected chi connectivity index (χ3v) is 5.02. The Morgan fingerprint density at radius 3 is 2.46 bits per heavy atom. The first-order chi connectivity index (χ1) is 13.1. The molecule has 0 fully saturated rings. The molecule has 146 valence electrons. The maximum atomic E-state index is 12.3. The third kappa shape index (κ3) is 4.56. The Hall–Kier alpha value is -2.75. The first-order valence-corrected chi connectivity index (χ1v) is 10.1. The summed E-state index contributed by atoms with van der Waals surface area (Å²) in [4.78, 5) is 28.4. The van der Waals surface area contributed by atoms with Gasteiger partial charge in [-0.3, -0.25) is 14.1 Å². The zero-order valence-electron chi connectivity index (χ0n) is 14.3. The number of ketones is 1. The molecule has 3 rings (SSSR count). The van der Waals surface area contributed by atoms with Crippen molar-refractivity contribution < 1.29 is 27.0 Å². The summed E-state index contributed by atoms with van der Waals surface area (Å²) in [7, 11) is -4.34. The Labute approximate surface area is 165 Å². The van der Waals surface area contributed by atoms with Gasteiger partial charge in [-0.05, 0) is 42.0 Å². The predicted molar refractivity (Wildman–Crippen MR) is 102 cm³/mol. The van der Waals surface area contributed by atoms with Crippen molar-refractivity contribution in [3.05, 3.63) is 53.1 Å². The molecule has 0 bridgehead atoms. The van der Waals surface area contributed by atoms with Crippen molar-refractivity contribution in [1.29, 1.82) is 0 Å². The Kier molecular flexibility index (Phi) is 5.50. The van der Waals surface area contributed by atoms with Crippen molar-refractivity contribution in [1.82, 2.24) is 4.98 Å². The number of carbonyl (C=O) groups is 2. The topological polar surface area (TPSA) is 141 Å². The SMILES string of the molecule is NC(=O)C(C(=O)CCS(=O)(=O)O)c1ccc2oc(-c3ccc(Cl)cc3)nc2c1. The summed E-state index contributed by atoms with van der Waals surface area (Å²) < 4.78 is 36.2. The number of benzene rings is 2. The predicted octanol–water partition coefficient (Wildman–Crippen LogP) is 2.56. The minimum Gasteiger partial charge on any atom is -0.436 e. The molecule has 0 spiro atoms. The van der Waals surface area contributed by atoms with Crippen molar-refractivity contribution in [3.8, 4) is 11.5 Å². The van der Waals surface area contributed by atoms with E-state index in [0.29, 0.717) is 27.6 Å². The first kappa shape index (κ1) is 20.0. The summed E-state index contributed by atoms with van der Waals surface area (Å²) in [5.74, 6) is -3.46. The number of nitrogens with zero attached hydrogens (tertiary/aromatic N) is 1. The number of amides is 1. The van der Waals surface area contributed by atoms with Gasteiger partial charge in [-0.25, -0.2) is 4.98 Å². The van der Waals surface area contributed by atoms with Gasteiger partial charge < -0.3 is 10.2 Å². The zero-order chi connectivity index (χ0) is 20.5. The Bertz CT molecular complexity index is 1150. The fourth-order valence-corrected chi connectivity index (χ4v) is 3.31. The molecule has 10 heteroatoms. The average Bonchev–Trinajstić information content (AvgIpc) is 3.03. The van der Waals surface area contributed by atoms with Crippen molar-refractivity contribution in [3.63, 3.8) is 0 Å². The van der Waals surface area contributed by atoms with E-state index in [1.807, 2.05) is 0 Å². The van der Waals surface area contributed by atoms with E-state index in [1.165, 1.54) is 12.1 Å². The normalized spacial score (nSPS) is 12.8. The van der Waals surface area contributed by atoms with Crippen LogP contribution in [0, 0.1) is 0 Å². The molecular formula is C18H15ClN2O6S. The summed E-state index contributed by atoms with van der Waals surface area (Å²) in [6, 6.07) is 11.4. The molecule has 3 aromatic rings. The number of nitrogens with two attached hydrogens (primary N) is 1. The quantitative estimate of drug-likeness (QED) is 0.440. The molecular weight excluding hydrogens is 408 g/mol. The van der Waals surface area contributed by atoms with Gasteiger partial charge in [-0.2, -0.15) is 8.42 Å².